The summed E-state index contributed by atoms with van der Waals surface area (Å²) in [6.07, 6.45) is 10.3. The molecule has 0 radical (unpaired) electrons. The van der Waals surface area contributed by atoms with E-state index in [2.05, 4.69) is 6.92 Å². The van der Waals surface area contributed by atoms with Crippen LogP contribution >= 0.6 is 0 Å². The molecule has 0 heterocycles. The van der Waals surface area contributed by atoms with Crippen molar-refractivity contribution in [3.63, 3.8) is 0 Å². The van der Waals surface area contributed by atoms with Gasteiger partial charge in [0.25, 0.3) is 0 Å². The topological polar surface area (TPSA) is 49.7 Å². The SMILES string of the molecule is CCCCCCCCCCc1ccc(B(O)O)c(OC)c1F. The highest BCUT2D eigenvalue weighted by molar-refractivity contribution is 6.59. The van der Waals surface area contributed by atoms with E-state index < -0.39 is 12.9 Å². The Balaban J connectivity index is 2.40. The standard InChI is InChI=1S/C17H28BFO3/c1-3-4-5-6-7-8-9-10-11-14-12-13-15(18(20)21)17(22-2)16(14)19/h12-13,20-21H,3-11H2,1-2H3. The second kappa shape index (κ2) is 10.6. The molecule has 0 fully saturated rings. The van der Waals surface area contributed by atoms with Gasteiger partial charge in [-0.05, 0) is 18.4 Å². The van der Waals surface area contributed by atoms with Gasteiger partial charge in [0, 0.05) is 5.46 Å². The Labute approximate surface area is 133 Å². The molecular weight excluding hydrogens is 282 g/mol. The minimum Gasteiger partial charge on any atom is -0.494 e. The van der Waals surface area contributed by atoms with Gasteiger partial charge >= 0.3 is 7.12 Å². The van der Waals surface area contributed by atoms with E-state index in [1.54, 1.807) is 6.07 Å². The molecule has 124 valence electrons. The fourth-order valence-electron chi connectivity index (χ4n) is 2.66. The largest absolute Gasteiger partial charge is 0.494 e. The van der Waals surface area contributed by atoms with E-state index in [1.807, 2.05) is 0 Å². The van der Waals surface area contributed by atoms with Gasteiger partial charge in [-0.2, -0.15) is 0 Å². The quantitative estimate of drug-likeness (QED) is 0.487. The molecule has 0 aliphatic rings. The molecule has 3 nitrogen and oxygen atoms in total. The van der Waals surface area contributed by atoms with Crippen LogP contribution in [0.2, 0.25) is 0 Å². The molecule has 0 bridgehead atoms. The number of methoxy groups -OCH3 is 1. The van der Waals surface area contributed by atoms with Crippen molar-refractivity contribution in [1.82, 2.24) is 0 Å². The van der Waals surface area contributed by atoms with Gasteiger partial charge in [-0.25, -0.2) is 4.39 Å². The Kier molecular flexibility index (Phi) is 9.17. The summed E-state index contributed by atoms with van der Waals surface area (Å²) in [6.45, 7) is 2.21. The molecule has 5 heteroatoms. The number of unbranched alkanes of at least 4 members (excludes halogenated alkanes) is 7. The molecule has 0 saturated carbocycles. The highest BCUT2D eigenvalue weighted by atomic mass is 19.1. The predicted molar refractivity (Wildman–Crippen MR) is 89.1 cm³/mol. The first-order chi connectivity index (χ1) is 10.6. The third-order valence-electron chi connectivity index (χ3n) is 3.99. The summed E-state index contributed by atoms with van der Waals surface area (Å²) >= 11 is 0. The maximum Gasteiger partial charge on any atom is 0.492 e. The van der Waals surface area contributed by atoms with Crippen LogP contribution in [0.25, 0.3) is 0 Å². The number of halogens is 1. The van der Waals surface area contributed by atoms with Crippen molar-refractivity contribution in [3.05, 3.63) is 23.5 Å². The molecular formula is C17H28BFO3. The summed E-state index contributed by atoms with van der Waals surface area (Å²) in [4.78, 5) is 0. The first-order valence-electron chi connectivity index (χ1n) is 8.33. The molecule has 1 aromatic carbocycles. The van der Waals surface area contributed by atoms with Gasteiger partial charge < -0.3 is 14.8 Å². The zero-order valence-corrected chi connectivity index (χ0v) is 13.8. The van der Waals surface area contributed by atoms with Crippen LogP contribution in [0.5, 0.6) is 5.75 Å². The first kappa shape index (κ1) is 19.0. The second-order valence-corrected chi connectivity index (χ2v) is 5.76. The van der Waals surface area contributed by atoms with Crippen LogP contribution in [0.3, 0.4) is 0 Å². The zero-order chi connectivity index (χ0) is 16.4. The van der Waals surface area contributed by atoms with Gasteiger partial charge in [0.1, 0.15) is 0 Å². The molecule has 0 aliphatic heterocycles. The molecule has 0 amide bonds. The van der Waals surface area contributed by atoms with Gasteiger partial charge in [-0.3, -0.25) is 0 Å². The van der Waals surface area contributed by atoms with Gasteiger partial charge in [0.15, 0.2) is 11.6 Å². The maximum absolute atomic E-state index is 14.3. The number of hydrogen-bond donors (Lipinski definition) is 2. The van der Waals surface area contributed by atoms with Crippen LogP contribution in [-0.4, -0.2) is 24.3 Å². The van der Waals surface area contributed by atoms with E-state index in [9.17, 15) is 14.4 Å². The summed E-state index contributed by atoms with van der Waals surface area (Å²) in [6, 6.07) is 3.14. The lowest BCUT2D eigenvalue weighted by Gasteiger charge is -2.12. The van der Waals surface area contributed by atoms with E-state index in [0.29, 0.717) is 12.0 Å². The Morgan fingerprint density at radius 1 is 1.00 bits per heavy atom. The molecule has 0 atom stereocenters. The predicted octanol–water partition coefficient (Wildman–Crippen LogP) is 3.20. The average molecular weight is 310 g/mol. The summed E-state index contributed by atoms with van der Waals surface area (Å²) in [5.41, 5.74) is 0.645. The average Bonchev–Trinajstić information content (AvgIpc) is 2.50. The molecule has 1 aromatic rings. The zero-order valence-electron chi connectivity index (χ0n) is 13.8. The maximum atomic E-state index is 14.3. The minimum atomic E-state index is -1.72. The summed E-state index contributed by atoms with van der Waals surface area (Å²) in [5.74, 6) is -0.539. The van der Waals surface area contributed by atoms with Gasteiger partial charge in [0.05, 0.1) is 7.11 Å². The monoisotopic (exact) mass is 310 g/mol. The summed E-state index contributed by atoms with van der Waals surface area (Å²) in [5, 5.41) is 18.4. The lowest BCUT2D eigenvalue weighted by molar-refractivity contribution is 0.379. The van der Waals surface area contributed by atoms with E-state index in [4.69, 9.17) is 4.74 Å². The van der Waals surface area contributed by atoms with Crippen LogP contribution in [0.15, 0.2) is 12.1 Å². The Morgan fingerprint density at radius 3 is 2.14 bits per heavy atom. The fraction of sp³-hybridized carbons (Fsp3) is 0.647. The van der Waals surface area contributed by atoms with Crippen molar-refractivity contribution in [2.45, 2.75) is 64.7 Å². The summed E-state index contributed by atoms with van der Waals surface area (Å²) < 4.78 is 19.2. The normalized spacial score (nSPS) is 10.8. The van der Waals surface area contributed by atoms with Gasteiger partial charge in [0.2, 0.25) is 0 Å². The van der Waals surface area contributed by atoms with Crippen LogP contribution < -0.4 is 10.2 Å². The van der Waals surface area contributed by atoms with Crippen molar-refractivity contribution in [1.29, 1.82) is 0 Å². The van der Waals surface area contributed by atoms with Crippen molar-refractivity contribution in [3.8, 4) is 5.75 Å². The van der Waals surface area contributed by atoms with E-state index in [0.717, 1.165) is 12.8 Å². The molecule has 0 aliphatic carbocycles. The number of benzene rings is 1. The first-order valence-corrected chi connectivity index (χ1v) is 8.33. The molecule has 22 heavy (non-hydrogen) atoms. The number of hydrogen-bond acceptors (Lipinski definition) is 3. The molecule has 0 aromatic heterocycles. The molecule has 0 saturated heterocycles. The van der Waals surface area contributed by atoms with Crippen LogP contribution in [-0.2, 0) is 6.42 Å². The lowest BCUT2D eigenvalue weighted by atomic mass is 9.78. The second-order valence-electron chi connectivity index (χ2n) is 5.76. The third-order valence-corrected chi connectivity index (χ3v) is 3.99. The molecule has 2 N–H and O–H groups in total. The Morgan fingerprint density at radius 2 is 1.59 bits per heavy atom. The number of rotatable bonds is 11. The van der Waals surface area contributed by atoms with Crippen LogP contribution in [0.1, 0.15) is 63.9 Å². The van der Waals surface area contributed by atoms with Crippen molar-refractivity contribution < 1.29 is 19.2 Å². The number of ether oxygens (including phenoxy) is 1. The van der Waals surface area contributed by atoms with E-state index in [1.165, 1.54) is 51.7 Å². The smallest absolute Gasteiger partial charge is 0.492 e. The van der Waals surface area contributed by atoms with Gasteiger partial charge in [-0.1, -0.05) is 64.0 Å². The van der Waals surface area contributed by atoms with E-state index in [-0.39, 0.29) is 11.2 Å². The molecule has 1 rings (SSSR count). The Hall–Kier alpha value is -1.07. The Bertz CT molecular complexity index is 438. The van der Waals surface area contributed by atoms with E-state index >= 15 is 0 Å². The molecule has 0 unspecified atom stereocenters. The van der Waals surface area contributed by atoms with Crippen molar-refractivity contribution >= 4 is 12.6 Å². The highest BCUT2D eigenvalue weighted by Crippen LogP contribution is 2.21. The van der Waals surface area contributed by atoms with Crippen molar-refractivity contribution in [2.75, 3.05) is 7.11 Å². The highest BCUT2D eigenvalue weighted by Gasteiger charge is 2.21. The summed E-state index contributed by atoms with van der Waals surface area (Å²) in [7, 11) is -0.383. The van der Waals surface area contributed by atoms with Crippen LogP contribution in [0.4, 0.5) is 4.39 Å². The third kappa shape index (κ3) is 5.97. The fourth-order valence-corrected chi connectivity index (χ4v) is 2.66. The van der Waals surface area contributed by atoms with Crippen molar-refractivity contribution in [2.24, 2.45) is 0 Å². The minimum absolute atomic E-state index is 0.0629. The van der Waals surface area contributed by atoms with Crippen LogP contribution in [0, 0.1) is 5.82 Å². The molecule has 0 spiro atoms. The van der Waals surface area contributed by atoms with Gasteiger partial charge in [-0.15, -0.1) is 0 Å². The lowest BCUT2D eigenvalue weighted by Crippen LogP contribution is -2.32. The number of aryl methyl sites for hydroxylation is 1.